The second-order valence-corrected chi connectivity index (χ2v) is 5.72. The Kier molecular flexibility index (Phi) is 3.79. The summed E-state index contributed by atoms with van der Waals surface area (Å²) in [6, 6.07) is 6.36. The van der Waals surface area contributed by atoms with E-state index in [0.29, 0.717) is 43.2 Å². The first kappa shape index (κ1) is 15.5. The van der Waals surface area contributed by atoms with Crippen molar-refractivity contribution in [3.63, 3.8) is 0 Å². The monoisotopic (exact) mass is 341 g/mol. The highest BCUT2D eigenvalue weighted by atomic mass is 19.1. The van der Waals surface area contributed by atoms with Crippen LogP contribution in [0.15, 0.2) is 30.6 Å². The van der Waals surface area contributed by atoms with Crippen LogP contribution in [0.1, 0.15) is 18.2 Å². The fourth-order valence-corrected chi connectivity index (χ4v) is 2.96. The summed E-state index contributed by atoms with van der Waals surface area (Å²) < 4.78 is 20.6. The lowest BCUT2D eigenvalue weighted by atomic mass is 10.1. The van der Waals surface area contributed by atoms with Gasteiger partial charge in [-0.3, -0.25) is 0 Å². The van der Waals surface area contributed by atoms with Gasteiger partial charge in [0.25, 0.3) is 0 Å². The highest BCUT2D eigenvalue weighted by Gasteiger charge is 2.26. The molecule has 8 heteroatoms. The number of carbonyl (C=O) groups is 1. The summed E-state index contributed by atoms with van der Waals surface area (Å²) in [7, 11) is 0. The Morgan fingerprint density at radius 2 is 2.20 bits per heavy atom. The molecule has 7 nitrogen and oxygen atoms in total. The molecule has 0 saturated carbocycles. The number of aromatic nitrogens is 4. The number of fused-ring (bicyclic) bond motifs is 3. The average Bonchev–Trinajstić information content (AvgIpc) is 3.06. The van der Waals surface area contributed by atoms with Crippen LogP contribution in [0.2, 0.25) is 0 Å². The van der Waals surface area contributed by atoms with Crippen LogP contribution in [-0.2, 0) is 17.7 Å². The summed E-state index contributed by atoms with van der Waals surface area (Å²) in [4.78, 5) is 22.5. The zero-order valence-corrected chi connectivity index (χ0v) is 13.6. The van der Waals surface area contributed by atoms with Gasteiger partial charge in [-0.15, -0.1) is 5.10 Å². The lowest BCUT2D eigenvalue weighted by Crippen LogP contribution is -2.37. The number of hydrogen-bond acceptors (Lipinski definition) is 5. The molecule has 1 aliphatic rings. The first-order chi connectivity index (χ1) is 12.2. The standard InChI is InChI=1S/C17H16FN5O2/c1-2-25-17(24)22-8-7-14-12(9-22)16-20-15(21-23(16)10-19-14)11-5-3-4-6-13(11)18/h3-6,10H,2,7-9H2,1H3. The van der Waals surface area contributed by atoms with Crippen LogP contribution < -0.4 is 0 Å². The lowest BCUT2D eigenvalue weighted by molar-refractivity contribution is 0.102. The normalized spacial score (nSPS) is 13.8. The van der Waals surface area contributed by atoms with Crippen molar-refractivity contribution < 1.29 is 13.9 Å². The number of rotatable bonds is 2. The minimum Gasteiger partial charge on any atom is -0.450 e. The number of carbonyl (C=O) groups excluding carboxylic acids is 1. The molecule has 0 saturated heterocycles. The van der Waals surface area contributed by atoms with Crippen molar-refractivity contribution in [2.45, 2.75) is 19.9 Å². The van der Waals surface area contributed by atoms with Crippen LogP contribution in [-0.4, -0.2) is 43.7 Å². The first-order valence-electron chi connectivity index (χ1n) is 8.07. The minimum atomic E-state index is -0.381. The summed E-state index contributed by atoms with van der Waals surface area (Å²) in [5, 5.41) is 4.33. The van der Waals surface area contributed by atoms with E-state index in [1.165, 1.54) is 10.6 Å². The van der Waals surface area contributed by atoms with E-state index < -0.39 is 0 Å². The zero-order valence-electron chi connectivity index (χ0n) is 13.6. The first-order valence-corrected chi connectivity index (χ1v) is 8.07. The lowest BCUT2D eigenvalue weighted by Gasteiger charge is -2.27. The van der Waals surface area contributed by atoms with Gasteiger partial charge in [0.15, 0.2) is 11.5 Å². The van der Waals surface area contributed by atoms with Gasteiger partial charge in [-0.05, 0) is 19.1 Å². The van der Waals surface area contributed by atoms with E-state index in [2.05, 4.69) is 15.1 Å². The Hall–Kier alpha value is -3.03. The molecule has 1 amide bonds. The van der Waals surface area contributed by atoms with Crippen molar-refractivity contribution in [3.05, 3.63) is 47.7 Å². The van der Waals surface area contributed by atoms with E-state index in [-0.39, 0.29) is 11.9 Å². The molecule has 0 atom stereocenters. The molecule has 0 bridgehead atoms. The van der Waals surface area contributed by atoms with Crippen molar-refractivity contribution in [3.8, 4) is 11.4 Å². The van der Waals surface area contributed by atoms with Gasteiger partial charge in [-0.2, -0.15) is 0 Å². The number of ether oxygens (including phenoxy) is 1. The summed E-state index contributed by atoms with van der Waals surface area (Å²) >= 11 is 0. The van der Waals surface area contributed by atoms with E-state index >= 15 is 0 Å². The Morgan fingerprint density at radius 3 is 3.00 bits per heavy atom. The van der Waals surface area contributed by atoms with Crippen LogP contribution in [0.25, 0.3) is 17.0 Å². The largest absolute Gasteiger partial charge is 0.450 e. The SMILES string of the molecule is CCOC(=O)N1CCc2ncn3nc(-c4ccccc4F)nc3c2C1. The molecule has 0 spiro atoms. The minimum absolute atomic E-state index is 0.293. The molecule has 0 fully saturated rings. The molecular weight excluding hydrogens is 325 g/mol. The Morgan fingerprint density at radius 1 is 1.36 bits per heavy atom. The van der Waals surface area contributed by atoms with Crippen molar-refractivity contribution in [1.82, 2.24) is 24.5 Å². The number of benzene rings is 1. The number of hydrogen-bond donors (Lipinski definition) is 0. The molecule has 3 heterocycles. The number of amides is 1. The van der Waals surface area contributed by atoms with Crippen LogP contribution in [0, 0.1) is 5.82 Å². The molecule has 1 aromatic carbocycles. The highest BCUT2D eigenvalue weighted by Crippen LogP contribution is 2.25. The van der Waals surface area contributed by atoms with Crippen LogP contribution in [0.5, 0.6) is 0 Å². The predicted octanol–water partition coefficient (Wildman–Crippen LogP) is 2.45. The Labute approximate surface area is 143 Å². The van der Waals surface area contributed by atoms with Crippen LogP contribution in [0.4, 0.5) is 9.18 Å². The van der Waals surface area contributed by atoms with Gasteiger partial charge >= 0.3 is 6.09 Å². The molecule has 0 N–H and O–H groups in total. The van der Waals surface area contributed by atoms with Gasteiger partial charge in [-0.25, -0.2) is 23.7 Å². The smallest absolute Gasteiger partial charge is 0.410 e. The maximum atomic E-state index is 14.0. The maximum absolute atomic E-state index is 14.0. The van der Waals surface area contributed by atoms with Gasteiger partial charge in [-0.1, -0.05) is 12.1 Å². The maximum Gasteiger partial charge on any atom is 0.410 e. The fourth-order valence-electron chi connectivity index (χ4n) is 2.96. The Balaban J connectivity index is 1.76. The van der Waals surface area contributed by atoms with Crippen LogP contribution in [0.3, 0.4) is 0 Å². The molecule has 4 rings (SSSR count). The summed E-state index contributed by atoms with van der Waals surface area (Å²) in [5.74, 6) is -0.0880. The average molecular weight is 341 g/mol. The van der Waals surface area contributed by atoms with E-state index in [1.807, 2.05) is 0 Å². The number of nitrogens with zero attached hydrogens (tertiary/aromatic N) is 5. The number of halogens is 1. The molecule has 128 valence electrons. The van der Waals surface area contributed by atoms with Crippen LogP contribution >= 0.6 is 0 Å². The molecule has 1 aliphatic heterocycles. The quantitative estimate of drug-likeness (QED) is 0.716. The molecule has 3 aromatic rings. The van der Waals surface area contributed by atoms with E-state index in [9.17, 15) is 9.18 Å². The molecule has 0 radical (unpaired) electrons. The van der Waals surface area contributed by atoms with Crippen molar-refractivity contribution in [2.24, 2.45) is 0 Å². The third-order valence-corrected chi connectivity index (χ3v) is 4.18. The summed E-state index contributed by atoms with van der Waals surface area (Å²) in [5.41, 5.74) is 2.60. The molecular formula is C17H16FN5O2. The van der Waals surface area contributed by atoms with Gasteiger partial charge < -0.3 is 9.64 Å². The third-order valence-electron chi connectivity index (χ3n) is 4.18. The highest BCUT2D eigenvalue weighted by molar-refractivity contribution is 5.69. The second-order valence-electron chi connectivity index (χ2n) is 5.72. The molecule has 25 heavy (non-hydrogen) atoms. The van der Waals surface area contributed by atoms with Gasteiger partial charge in [0, 0.05) is 18.5 Å². The second kappa shape index (κ2) is 6.12. The molecule has 0 unspecified atom stereocenters. The topological polar surface area (TPSA) is 72.6 Å². The molecule has 2 aromatic heterocycles. The van der Waals surface area contributed by atoms with E-state index in [4.69, 9.17) is 4.74 Å². The van der Waals surface area contributed by atoms with Gasteiger partial charge in [0.1, 0.15) is 12.1 Å². The van der Waals surface area contributed by atoms with E-state index in [1.54, 1.807) is 36.4 Å². The van der Waals surface area contributed by atoms with Crippen molar-refractivity contribution in [2.75, 3.05) is 13.2 Å². The van der Waals surface area contributed by atoms with E-state index in [0.717, 1.165) is 11.3 Å². The Bertz CT molecular complexity index is 955. The predicted molar refractivity (Wildman–Crippen MR) is 87.3 cm³/mol. The van der Waals surface area contributed by atoms with Gasteiger partial charge in [0.05, 0.1) is 24.4 Å². The molecule has 0 aliphatic carbocycles. The summed E-state index contributed by atoms with van der Waals surface area (Å²) in [6.45, 7) is 2.99. The fraction of sp³-hybridized carbons (Fsp3) is 0.294. The zero-order chi connectivity index (χ0) is 17.4. The van der Waals surface area contributed by atoms with Crippen molar-refractivity contribution in [1.29, 1.82) is 0 Å². The van der Waals surface area contributed by atoms with Crippen molar-refractivity contribution >= 4 is 11.7 Å². The third kappa shape index (κ3) is 2.69. The van der Waals surface area contributed by atoms with Gasteiger partial charge in [0.2, 0.25) is 0 Å². The summed E-state index contributed by atoms with van der Waals surface area (Å²) in [6.07, 6.45) is 1.84.